The minimum atomic E-state index is -0.884. The number of pyridine rings is 1. The lowest BCUT2D eigenvalue weighted by atomic mass is 9.89. The van der Waals surface area contributed by atoms with Gasteiger partial charge in [0.25, 0.3) is 5.69 Å². The monoisotopic (exact) mass is 410 g/mol. The summed E-state index contributed by atoms with van der Waals surface area (Å²) in [4.78, 5) is 26.5. The van der Waals surface area contributed by atoms with Gasteiger partial charge in [0.15, 0.2) is 0 Å². The number of hydrogen-bond acceptors (Lipinski definition) is 7. The van der Waals surface area contributed by atoms with Crippen molar-refractivity contribution in [3.8, 4) is 17.0 Å². The van der Waals surface area contributed by atoms with Gasteiger partial charge in [0, 0.05) is 41.7 Å². The van der Waals surface area contributed by atoms with E-state index in [1.165, 1.54) is 24.3 Å². The van der Waals surface area contributed by atoms with Crippen LogP contribution in [0.2, 0.25) is 0 Å². The minimum absolute atomic E-state index is 0.0908. The molecule has 0 bridgehead atoms. The standard InChI is InChI=1S/C21H22N4O5/c1-21(2,3)19(14-24-13-10-18(23-24)15-8-11-22-12-9-15)30-20(26)29-17-6-4-16(5-7-17)25(27)28/h4-13,19H,14H2,1-3H3. The maximum Gasteiger partial charge on any atom is 0.514 e. The van der Waals surface area contributed by atoms with Crippen LogP contribution in [-0.2, 0) is 11.3 Å². The summed E-state index contributed by atoms with van der Waals surface area (Å²) >= 11 is 0. The van der Waals surface area contributed by atoms with Crippen molar-refractivity contribution in [3.63, 3.8) is 0 Å². The molecule has 3 aromatic rings. The summed E-state index contributed by atoms with van der Waals surface area (Å²) in [5.74, 6) is 0.164. The highest BCUT2D eigenvalue weighted by atomic mass is 16.7. The largest absolute Gasteiger partial charge is 0.514 e. The molecule has 1 atom stereocenters. The van der Waals surface area contributed by atoms with Crippen molar-refractivity contribution >= 4 is 11.8 Å². The Hall–Kier alpha value is -3.75. The number of carbonyl (C=O) groups is 1. The molecule has 156 valence electrons. The second-order valence-electron chi connectivity index (χ2n) is 7.73. The van der Waals surface area contributed by atoms with Gasteiger partial charge in [0.2, 0.25) is 0 Å². The Labute approximate surface area is 173 Å². The number of rotatable bonds is 6. The lowest BCUT2D eigenvalue weighted by molar-refractivity contribution is -0.384. The first-order valence-electron chi connectivity index (χ1n) is 9.29. The molecule has 0 N–H and O–H groups in total. The molecule has 9 heteroatoms. The van der Waals surface area contributed by atoms with E-state index in [-0.39, 0.29) is 16.9 Å². The molecule has 1 aromatic carbocycles. The van der Waals surface area contributed by atoms with Crippen LogP contribution in [0.1, 0.15) is 20.8 Å². The molecule has 0 aliphatic carbocycles. The van der Waals surface area contributed by atoms with Crippen molar-refractivity contribution in [1.82, 2.24) is 14.8 Å². The molecule has 0 aliphatic rings. The summed E-state index contributed by atoms with van der Waals surface area (Å²) in [5.41, 5.74) is 1.26. The number of carbonyl (C=O) groups excluding carboxylic acids is 1. The van der Waals surface area contributed by atoms with Crippen molar-refractivity contribution < 1.29 is 19.2 Å². The first-order valence-corrected chi connectivity index (χ1v) is 9.29. The predicted octanol–water partition coefficient (Wildman–Crippen LogP) is 4.48. The van der Waals surface area contributed by atoms with Crippen LogP contribution in [0.25, 0.3) is 11.3 Å². The average Bonchev–Trinajstić information content (AvgIpc) is 3.16. The van der Waals surface area contributed by atoms with Gasteiger partial charge >= 0.3 is 6.16 Å². The molecule has 2 aromatic heterocycles. The molecule has 0 aliphatic heterocycles. The average molecular weight is 410 g/mol. The minimum Gasteiger partial charge on any atom is -0.428 e. The summed E-state index contributed by atoms with van der Waals surface area (Å²) in [6.45, 7) is 6.18. The summed E-state index contributed by atoms with van der Waals surface area (Å²) < 4.78 is 12.4. The van der Waals surface area contributed by atoms with Crippen LogP contribution in [0.15, 0.2) is 61.1 Å². The summed E-state index contributed by atoms with van der Waals surface area (Å²) in [5, 5.41) is 15.3. The third-order valence-corrected chi connectivity index (χ3v) is 4.42. The zero-order chi connectivity index (χ0) is 21.7. The highest BCUT2D eigenvalue weighted by Crippen LogP contribution is 2.26. The fourth-order valence-electron chi connectivity index (χ4n) is 2.67. The molecule has 0 saturated heterocycles. The lowest BCUT2D eigenvalue weighted by Gasteiger charge is -2.29. The number of nitrogens with zero attached hydrogens (tertiary/aromatic N) is 4. The highest BCUT2D eigenvalue weighted by Gasteiger charge is 2.30. The smallest absolute Gasteiger partial charge is 0.428 e. The summed E-state index contributed by atoms with van der Waals surface area (Å²) in [7, 11) is 0. The second-order valence-corrected chi connectivity index (χ2v) is 7.73. The Balaban J connectivity index is 1.67. The van der Waals surface area contributed by atoms with E-state index in [1.807, 2.05) is 45.2 Å². The number of ether oxygens (including phenoxy) is 2. The van der Waals surface area contributed by atoms with E-state index in [9.17, 15) is 14.9 Å². The number of non-ortho nitro benzene ring substituents is 1. The number of hydrogen-bond donors (Lipinski definition) is 0. The van der Waals surface area contributed by atoms with Gasteiger partial charge in [-0.2, -0.15) is 5.10 Å². The van der Waals surface area contributed by atoms with Crippen LogP contribution in [0.5, 0.6) is 5.75 Å². The van der Waals surface area contributed by atoms with Crippen LogP contribution in [0.4, 0.5) is 10.5 Å². The van der Waals surface area contributed by atoms with Crippen LogP contribution < -0.4 is 4.74 Å². The van der Waals surface area contributed by atoms with Gasteiger partial charge in [-0.1, -0.05) is 20.8 Å². The normalized spacial score (nSPS) is 12.2. The van der Waals surface area contributed by atoms with E-state index in [0.29, 0.717) is 6.54 Å². The molecule has 1 unspecified atom stereocenters. The Kier molecular flexibility index (Phi) is 6.10. The molecular weight excluding hydrogens is 388 g/mol. The van der Waals surface area contributed by atoms with Gasteiger partial charge in [-0.15, -0.1) is 0 Å². The summed E-state index contributed by atoms with van der Waals surface area (Å²) in [6.07, 6.45) is 3.81. The zero-order valence-corrected chi connectivity index (χ0v) is 16.9. The number of nitro groups is 1. The topological polar surface area (TPSA) is 109 Å². The second kappa shape index (κ2) is 8.73. The van der Waals surface area contributed by atoms with Gasteiger partial charge in [-0.25, -0.2) is 4.79 Å². The van der Waals surface area contributed by atoms with E-state index < -0.39 is 17.2 Å². The molecule has 2 heterocycles. The first-order chi connectivity index (χ1) is 14.2. The molecule has 0 amide bonds. The highest BCUT2D eigenvalue weighted by molar-refractivity contribution is 5.64. The third-order valence-electron chi connectivity index (χ3n) is 4.42. The van der Waals surface area contributed by atoms with E-state index in [4.69, 9.17) is 9.47 Å². The molecule has 0 fully saturated rings. The molecule has 9 nitrogen and oxygen atoms in total. The number of benzene rings is 1. The Morgan fingerprint density at radius 2 is 1.80 bits per heavy atom. The molecule has 0 radical (unpaired) electrons. The van der Waals surface area contributed by atoms with E-state index in [0.717, 1.165) is 11.3 Å². The van der Waals surface area contributed by atoms with Crippen molar-refractivity contribution in [2.24, 2.45) is 5.41 Å². The Morgan fingerprint density at radius 1 is 1.13 bits per heavy atom. The van der Waals surface area contributed by atoms with Crippen molar-refractivity contribution in [3.05, 3.63) is 71.2 Å². The zero-order valence-electron chi connectivity index (χ0n) is 16.9. The quantitative estimate of drug-likeness (QED) is 0.255. The van der Waals surface area contributed by atoms with E-state index >= 15 is 0 Å². The van der Waals surface area contributed by atoms with Gasteiger partial charge in [0.1, 0.15) is 11.9 Å². The molecule has 3 rings (SSSR count). The Bertz CT molecular complexity index is 1010. The van der Waals surface area contributed by atoms with E-state index in [2.05, 4.69) is 10.1 Å². The lowest BCUT2D eigenvalue weighted by Crippen LogP contribution is -2.36. The maximum absolute atomic E-state index is 12.3. The van der Waals surface area contributed by atoms with Crippen molar-refractivity contribution in [2.45, 2.75) is 33.4 Å². The van der Waals surface area contributed by atoms with Gasteiger partial charge in [0.05, 0.1) is 17.2 Å². The number of aromatic nitrogens is 3. The molecule has 0 saturated carbocycles. The first kappa shape index (κ1) is 21.0. The molecule has 0 spiro atoms. The van der Waals surface area contributed by atoms with Crippen LogP contribution in [0, 0.1) is 15.5 Å². The predicted molar refractivity (Wildman–Crippen MR) is 109 cm³/mol. The van der Waals surface area contributed by atoms with Crippen molar-refractivity contribution in [1.29, 1.82) is 0 Å². The van der Waals surface area contributed by atoms with Crippen LogP contribution in [0.3, 0.4) is 0 Å². The van der Waals surface area contributed by atoms with E-state index in [1.54, 1.807) is 17.1 Å². The number of nitro benzene ring substituents is 1. The van der Waals surface area contributed by atoms with Crippen LogP contribution >= 0.6 is 0 Å². The summed E-state index contributed by atoms with van der Waals surface area (Å²) in [6, 6.07) is 10.8. The van der Waals surface area contributed by atoms with Gasteiger partial charge < -0.3 is 9.47 Å². The maximum atomic E-state index is 12.3. The fraction of sp³-hybridized carbons (Fsp3) is 0.286. The van der Waals surface area contributed by atoms with Gasteiger partial charge in [-0.3, -0.25) is 19.8 Å². The third kappa shape index (κ3) is 5.40. The SMILES string of the molecule is CC(C)(C)C(Cn1ccc(-c2ccncc2)n1)OC(=O)Oc1ccc([N+](=O)[O-])cc1. The van der Waals surface area contributed by atoms with Crippen LogP contribution in [-0.4, -0.2) is 31.9 Å². The fourth-order valence-corrected chi connectivity index (χ4v) is 2.67. The van der Waals surface area contributed by atoms with Crippen molar-refractivity contribution in [2.75, 3.05) is 0 Å². The van der Waals surface area contributed by atoms with Gasteiger partial charge in [-0.05, 0) is 30.3 Å². The molecular formula is C21H22N4O5. The Morgan fingerprint density at radius 3 is 2.40 bits per heavy atom. The molecule has 30 heavy (non-hydrogen) atoms.